The van der Waals surface area contributed by atoms with Crippen LogP contribution in [0.5, 0.6) is 0 Å². The van der Waals surface area contributed by atoms with Crippen molar-refractivity contribution in [2.45, 2.75) is 19.5 Å². The monoisotopic (exact) mass is 351 g/mol. The zero-order chi connectivity index (χ0) is 16.9. The average molecular weight is 351 g/mol. The average Bonchev–Trinajstić information content (AvgIpc) is 3.22. The topological polar surface area (TPSA) is 98.5 Å². The second-order valence-electron chi connectivity index (χ2n) is 4.64. The van der Waals surface area contributed by atoms with Crippen LogP contribution < -0.4 is 5.32 Å². The highest BCUT2D eigenvalue weighted by Gasteiger charge is 2.14. The minimum atomic E-state index is -2.56. The number of amides is 1. The van der Waals surface area contributed by atoms with Crippen LogP contribution in [0.15, 0.2) is 30.7 Å². The van der Waals surface area contributed by atoms with Crippen LogP contribution in [0.25, 0.3) is 10.6 Å². The molecule has 0 saturated heterocycles. The Balaban J connectivity index is 1.59. The molecule has 3 rings (SSSR count). The molecule has 0 aliphatic carbocycles. The standard InChI is InChI=1S/C13H11F2N7OS/c14-10(15)7-22-6-9(18-21-22)12(23)17-5-11-19-20-13(24-11)8-1-3-16-4-2-8/h1-4,6,10H,5,7H2,(H,17,23). The summed E-state index contributed by atoms with van der Waals surface area (Å²) in [5.74, 6) is -0.517. The van der Waals surface area contributed by atoms with Crippen LogP contribution in [0, 0.1) is 0 Å². The van der Waals surface area contributed by atoms with Gasteiger partial charge in [-0.1, -0.05) is 16.6 Å². The second-order valence-corrected chi connectivity index (χ2v) is 5.70. The molecule has 24 heavy (non-hydrogen) atoms. The van der Waals surface area contributed by atoms with Crippen LogP contribution in [-0.2, 0) is 13.1 Å². The van der Waals surface area contributed by atoms with E-state index in [4.69, 9.17) is 0 Å². The van der Waals surface area contributed by atoms with Gasteiger partial charge in [-0.15, -0.1) is 15.3 Å². The molecule has 3 heterocycles. The molecule has 0 atom stereocenters. The predicted molar refractivity (Wildman–Crippen MR) is 80.3 cm³/mol. The third-order valence-electron chi connectivity index (χ3n) is 2.89. The first-order valence-corrected chi connectivity index (χ1v) is 7.62. The molecule has 11 heteroatoms. The summed E-state index contributed by atoms with van der Waals surface area (Å²) in [7, 11) is 0. The summed E-state index contributed by atoms with van der Waals surface area (Å²) >= 11 is 1.33. The molecule has 8 nitrogen and oxygen atoms in total. The number of nitrogens with zero attached hydrogens (tertiary/aromatic N) is 6. The highest BCUT2D eigenvalue weighted by molar-refractivity contribution is 7.14. The zero-order valence-electron chi connectivity index (χ0n) is 12.1. The van der Waals surface area contributed by atoms with Crippen molar-refractivity contribution in [1.29, 1.82) is 0 Å². The van der Waals surface area contributed by atoms with Crippen molar-refractivity contribution >= 4 is 17.2 Å². The first-order chi connectivity index (χ1) is 11.6. The largest absolute Gasteiger partial charge is 0.344 e. The number of carbonyl (C=O) groups excluding carboxylic acids is 1. The van der Waals surface area contributed by atoms with Gasteiger partial charge in [-0.25, -0.2) is 13.5 Å². The summed E-state index contributed by atoms with van der Waals surface area (Å²) in [6, 6.07) is 3.62. The number of hydrogen-bond acceptors (Lipinski definition) is 7. The van der Waals surface area contributed by atoms with E-state index < -0.39 is 18.9 Å². The maximum atomic E-state index is 12.2. The van der Waals surface area contributed by atoms with Crippen molar-refractivity contribution in [3.8, 4) is 10.6 Å². The molecule has 0 aromatic carbocycles. The van der Waals surface area contributed by atoms with Crippen LogP contribution in [-0.4, -0.2) is 42.5 Å². The summed E-state index contributed by atoms with van der Waals surface area (Å²) in [6.07, 6.45) is 1.92. The molecule has 0 bridgehead atoms. The molecule has 124 valence electrons. The number of aromatic nitrogens is 6. The summed E-state index contributed by atoms with van der Waals surface area (Å²) < 4.78 is 25.4. The van der Waals surface area contributed by atoms with E-state index in [0.717, 1.165) is 10.2 Å². The molecule has 0 radical (unpaired) electrons. The highest BCUT2D eigenvalue weighted by Crippen LogP contribution is 2.22. The fraction of sp³-hybridized carbons (Fsp3) is 0.231. The quantitative estimate of drug-likeness (QED) is 0.720. The van der Waals surface area contributed by atoms with E-state index >= 15 is 0 Å². The Morgan fingerprint density at radius 1 is 1.25 bits per heavy atom. The fourth-order valence-corrected chi connectivity index (χ4v) is 2.60. The molecular formula is C13H11F2N7OS. The third kappa shape index (κ3) is 3.93. The summed E-state index contributed by atoms with van der Waals surface area (Å²) in [5.41, 5.74) is 0.851. The number of carbonyl (C=O) groups is 1. The van der Waals surface area contributed by atoms with Crippen molar-refractivity contribution in [2.24, 2.45) is 0 Å². The number of halogens is 2. The predicted octanol–water partition coefficient (Wildman–Crippen LogP) is 1.39. The van der Waals surface area contributed by atoms with E-state index in [2.05, 4.69) is 30.8 Å². The van der Waals surface area contributed by atoms with Gasteiger partial charge < -0.3 is 5.32 Å². The van der Waals surface area contributed by atoms with Crippen LogP contribution in [0.3, 0.4) is 0 Å². The van der Waals surface area contributed by atoms with Crippen LogP contribution in [0.4, 0.5) is 8.78 Å². The molecule has 0 spiro atoms. The van der Waals surface area contributed by atoms with E-state index in [1.807, 2.05) is 12.1 Å². The normalized spacial score (nSPS) is 11.0. The van der Waals surface area contributed by atoms with Crippen molar-refractivity contribution < 1.29 is 13.6 Å². The second kappa shape index (κ2) is 7.17. The van der Waals surface area contributed by atoms with Gasteiger partial charge in [-0.05, 0) is 12.1 Å². The number of rotatable bonds is 6. The molecule has 0 unspecified atom stereocenters. The van der Waals surface area contributed by atoms with Gasteiger partial charge in [0.15, 0.2) is 5.69 Å². The SMILES string of the molecule is O=C(NCc1nnc(-c2ccncc2)s1)c1cn(CC(F)F)nn1. The van der Waals surface area contributed by atoms with Gasteiger partial charge in [0.25, 0.3) is 12.3 Å². The Hall–Kier alpha value is -2.82. The molecule has 1 amide bonds. The van der Waals surface area contributed by atoms with Gasteiger partial charge >= 0.3 is 0 Å². The van der Waals surface area contributed by atoms with Gasteiger partial charge in [0.2, 0.25) is 0 Å². The number of hydrogen-bond donors (Lipinski definition) is 1. The number of pyridine rings is 1. The van der Waals surface area contributed by atoms with Crippen molar-refractivity contribution in [2.75, 3.05) is 0 Å². The minimum absolute atomic E-state index is 0.0328. The number of alkyl halides is 2. The molecule has 3 aromatic heterocycles. The van der Waals surface area contributed by atoms with Gasteiger partial charge in [0, 0.05) is 18.0 Å². The van der Waals surface area contributed by atoms with Gasteiger partial charge in [0.1, 0.15) is 16.6 Å². The lowest BCUT2D eigenvalue weighted by Crippen LogP contribution is -2.23. The van der Waals surface area contributed by atoms with E-state index in [1.165, 1.54) is 17.5 Å². The first-order valence-electron chi connectivity index (χ1n) is 6.81. The van der Waals surface area contributed by atoms with Crippen molar-refractivity contribution in [3.63, 3.8) is 0 Å². The number of nitrogens with one attached hydrogen (secondary N) is 1. The molecule has 3 aromatic rings. The van der Waals surface area contributed by atoms with Gasteiger partial charge in [-0.3, -0.25) is 9.78 Å². The third-order valence-corrected chi connectivity index (χ3v) is 3.86. The zero-order valence-corrected chi connectivity index (χ0v) is 13.0. The fourth-order valence-electron chi connectivity index (χ4n) is 1.82. The Morgan fingerprint density at radius 3 is 2.79 bits per heavy atom. The van der Waals surface area contributed by atoms with Crippen LogP contribution in [0.1, 0.15) is 15.5 Å². The Kier molecular flexibility index (Phi) is 4.79. The summed E-state index contributed by atoms with van der Waals surface area (Å²) in [4.78, 5) is 15.9. The lowest BCUT2D eigenvalue weighted by Gasteiger charge is -1.98. The smallest absolute Gasteiger partial charge is 0.273 e. The molecular weight excluding hydrogens is 340 g/mol. The van der Waals surface area contributed by atoms with E-state index in [-0.39, 0.29) is 12.2 Å². The lowest BCUT2D eigenvalue weighted by molar-refractivity contribution is 0.0945. The Morgan fingerprint density at radius 2 is 2.04 bits per heavy atom. The molecule has 0 fully saturated rings. The van der Waals surface area contributed by atoms with E-state index in [9.17, 15) is 13.6 Å². The summed E-state index contributed by atoms with van der Waals surface area (Å²) in [5, 5.41) is 19.0. The molecule has 1 N–H and O–H groups in total. The maximum Gasteiger partial charge on any atom is 0.273 e. The molecule has 0 aliphatic heterocycles. The van der Waals surface area contributed by atoms with Crippen LogP contribution in [0.2, 0.25) is 0 Å². The van der Waals surface area contributed by atoms with Crippen molar-refractivity contribution in [1.82, 2.24) is 35.5 Å². The van der Waals surface area contributed by atoms with Crippen LogP contribution >= 0.6 is 11.3 Å². The van der Waals surface area contributed by atoms with E-state index in [1.54, 1.807) is 12.4 Å². The maximum absolute atomic E-state index is 12.2. The highest BCUT2D eigenvalue weighted by atomic mass is 32.1. The molecule has 0 saturated carbocycles. The van der Waals surface area contributed by atoms with Crippen molar-refractivity contribution in [3.05, 3.63) is 41.4 Å². The van der Waals surface area contributed by atoms with Gasteiger partial charge in [0.05, 0.1) is 12.7 Å². The summed E-state index contributed by atoms with van der Waals surface area (Å²) in [6.45, 7) is -0.449. The Labute approximate surface area is 138 Å². The van der Waals surface area contributed by atoms with Gasteiger partial charge in [-0.2, -0.15) is 0 Å². The molecule has 0 aliphatic rings. The lowest BCUT2D eigenvalue weighted by atomic mass is 10.3. The minimum Gasteiger partial charge on any atom is -0.344 e. The van der Waals surface area contributed by atoms with E-state index in [0.29, 0.717) is 10.0 Å². The first kappa shape index (κ1) is 16.1. The Bertz CT molecular complexity index is 821.